The first-order chi connectivity index (χ1) is 17.5. The second-order valence-corrected chi connectivity index (χ2v) is 12.1. The normalized spacial score (nSPS) is 16.5. The molecule has 4 aromatic rings. The number of piperazine rings is 1. The lowest BCUT2D eigenvalue weighted by Crippen LogP contribution is -2.61. The van der Waals surface area contributed by atoms with Gasteiger partial charge in [-0.3, -0.25) is 9.89 Å². The van der Waals surface area contributed by atoms with Crippen molar-refractivity contribution in [2.24, 2.45) is 0 Å². The number of aromatic nitrogens is 3. The monoisotopic (exact) mass is 525 g/mol. The van der Waals surface area contributed by atoms with Crippen LogP contribution in [-0.4, -0.2) is 63.9 Å². The van der Waals surface area contributed by atoms with Gasteiger partial charge in [-0.25, -0.2) is 17.8 Å². The summed E-state index contributed by atoms with van der Waals surface area (Å²) in [6, 6.07) is 9.63. The van der Waals surface area contributed by atoms with Crippen molar-refractivity contribution in [3.05, 3.63) is 65.9 Å². The number of aromatic amines is 1. The molecule has 1 N–H and O–H groups in total. The highest BCUT2D eigenvalue weighted by Crippen LogP contribution is 2.33. The number of carbonyl (C=O) groups is 1. The van der Waals surface area contributed by atoms with Crippen LogP contribution in [0.2, 0.25) is 0 Å². The van der Waals surface area contributed by atoms with E-state index in [1.165, 1.54) is 28.8 Å². The number of furan rings is 1. The van der Waals surface area contributed by atoms with Gasteiger partial charge in [0.05, 0.1) is 17.4 Å². The summed E-state index contributed by atoms with van der Waals surface area (Å²) in [6.45, 7) is 8.17. The second kappa shape index (κ2) is 9.07. The molecule has 1 aliphatic heterocycles. The highest BCUT2D eigenvalue weighted by Gasteiger charge is 2.42. The van der Waals surface area contributed by atoms with Crippen molar-refractivity contribution in [3.63, 3.8) is 0 Å². The molecule has 0 bridgehead atoms. The highest BCUT2D eigenvalue weighted by molar-refractivity contribution is 7.89. The van der Waals surface area contributed by atoms with E-state index in [9.17, 15) is 17.6 Å². The average molecular weight is 526 g/mol. The van der Waals surface area contributed by atoms with Crippen molar-refractivity contribution in [3.8, 4) is 11.3 Å². The maximum atomic E-state index is 13.6. The van der Waals surface area contributed by atoms with Gasteiger partial charge in [0.15, 0.2) is 11.3 Å². The van der Waals surface area contributed by atoms with E-state index < -0.39 is 15.6 Å². The molecule has 11 heteroatoms. The number of halogens is 1. The number of benzene rings is 1. The molecule has 1 saturated heterocycles. The van der Waals surface area contributed by atoms with Gasteiger partial charge in [-0.2, -0.15) is 9.40 Å². The molecule has 3 aromatic heterocycles. The fourth-order valence-corrected chi connectivity index (χ4v) is 6.20. The molecular formula is C26H28FN5O4S. The average Bonchev–Trinajstić information content (AvgIpc) is 3.53. The summed E-state index contributed by atoms with van der Waals surface area (Å²) < 4.78 is 46.8. The van der Waals surface area contributed by atoms with Crippen LogP contribution < -0.4 is 0 Å². The minimum Gasteiger partial charge on any atom is -0.449 e. The Balaban J connectivity index is 1.46. The zero-order valence-corrected chi connectivity index (χ0v) is 21.8. The van der Waals surface area contributed by atoms with Gasteiger partial charge in [0, 0.05) is 43.0 Å². The van der Waals surface area contributed by atoms with Crippen LogP contribution in [0, 0.1) is 5.82 Å². The van der Waals surface area contributed by atoms with Crippen molar-refractivity contribution in [2.75, 3.05) is 19.6 Å². The number of pyridine rings is 1. The summed E-state index contributed by atoms with van der Waals surface area (Å²) in [5.74, 6) is -0.432. The molecule has 1 aliphatic rings. The predicted octanol–water partition coefficient (Wildman–Crippen LogP) is 4.41. The zero-order chi connectivity index (χ0) is 26.5. The first-order valence-electron chi connectivity index (χ1n) is 12.0. The maximum Gasteiger partial charge on any atom is 0.290 e. The topological polar surface area (TPSA) is 112 Å². The van der Waals surface area contributed by atoms with E-state index in [1.807, 2.05) is 33.8 Å². The molecule has 37 heavy (non-hydrogen) atoms. The lowest BCUT2D eigenvalue weighted by atomic mass is 9.99. The molecule has 1 fully saturated rings. The van der Waals surface area contributed by atoms with E-state index in [0.717, 1.165) is 11.1 Å². The minimum atomic E-state index is -3.73. The van der Waals surface area contributed by atoms with E-state index in [0.29, 0.717) is 16.8 Å². The van der Waals surface area contributed by atoms with E-state index in [2.05, 4.69) is 10.2 Å². The van der Waals surface area contributed by atoms with Crippen molar-refractivity contribution < 1.29 is 22.0 Å². The third-order valence-corrected chi connectivity index (χ3v) is 8.51. The number of hydrogen-bond acceptors (Lipinski definition) is 6. The van der Waals surface area contributed by atoms with Gasteiger partial charge in [-0.15, -0.1) is 0 Å². The standard InChI is InChI=1S/C26H28FN5O4S/c1-16(2)20-11-21(17-5-7-18(27)8-6-17)30-22-12-23(36-24(20)22)25(33)32-10-9-31(15-26(32,3)4)37(34,35)19-13-28-29-14-19/h5-8,11-14,16H,9-10,15H2,1-4H3,(H,28,29). The minimum absolute atomic E-state index is 0.0876. The lowest BCUT2D eigenvalue weighted by Gasteiger charge is -2.46. The van der Waals surface area contributed by atoms with Crippen molar-refractivity contribution in [1.29, 1.82) is 0 Å². The smallest absolute Gasteiger partial charge is 0.290 e. The SMILES string of the molecule is CC(C)c1cc(-c2ccc(F)cc2)nc2cc(C(=O)N3CCN(S(=O)(=O)c4cn[nH]c4)CC3(C)C)oc12. The number of H-pyrrole nitrogens is 1. The molecule has 1 aromatic carbocycles. The van der Waals surface area contributed by atoms with Gasteiger partial charge in [0.2, 0.25) is 10.0 Å². The molecule has 0 saturated carbocycles. The molecule has 4 heterocycles. The fraction of sp³-hybridized carbons (Fsp3) is 0.346. The second-order valence-electron chi connectivity index (χ2n) is 10.1. The van der Waals surface area contributed by atoms with Crippen LogP contribution in [0.1, 0.15) is 49.7 Å². The fourth-order valence-electron chi connectivity index (χ4n) is 4.70. The Morgan fingerprint density at radius 1 is 1.16 bits per heavy atom. The Morgan fingerprint density at radius 3 is 2.51 bits per heavy atom. The van der Waals surface area contributed by atoms with Crippen LogP contribution in [0.15, 0.2) is 58.1 Å². The van der Waals surface area contributed by atoms with Crippen LogP contribution in [0.5, 0.6) is 0 Å². The molecule has 5 rings (SSSR count). The Hall–Kier alpha value is -3.57. The summed E-state index contributed by atoms with van der Waals surface area (Å²) in [4.78, 5) is 20.0. The largest absolute Gasteiger partial charge is 0.449 e. The molecule has 0 atom stereocenters. The van der Waals surface area contributed by atoms with Gasteiger partial charge in [-0.05, 0) is 50.1 Å². The molecule has 0 aliphatic carbocycles. The van der Waals surface area contributed by atoms with Crippen LogP contribution in [0.3, 0.4) is 0 Å². The number of carbonyl (C=O) groups excluding carboxylic acids is 1. The van der Waals surface area contributed by atoms with Crippen molar-refractivity contribution >= 4 is 27.0 Å². The molecule has 0 radical (unpaired) electrons. The maximum absolute atomic E-state index is 13.6. The Kier molecular flexibility index (Phi) is 6.15. The number of amides is 1. The highest BCUT2D eigenvalue weighted by atomic mass is 32.2. The van der Waals surface area contributed by atoms with Gasteiger partial charge in [0.25, 0.3) is 5.91 Å². The Bertz CT molecular complexity index is 1560. The number of fused-ring (bicyclic) bond motifs is 1. The third kappa shape index (κ3) is 4.53. The molecule has 9 nitrogen and oxygen atoms in total. The summed E-state index contributed by atoms with van der Waals surface area (Å²) in [6.07, 6.45) is 2.61. The Labute approximate surface area is 214 Å². The van der Waals surface area contributed by atoms with Crippen LogP contribution in [0.25, 0.3) is 22.4 Å². The van der Waals surface area contributed by atoms with Crippen LogP contribution in [-0.2, 0) is 10.0 Å². The number of nitrogens with one attached hydrogen (secondary N) is 1. The van der Waals surface area contributed by atoms with Crippen LogP contribution in [0.4, 0.5) is 4.39 Å². The van der Waals surface area contributed by atoms with Crippen molar-refractivity contribution in [2.45, 2.75) is 44.0 Å². The summed E-state index contributed by atoms with van der Waals surface area (Å²) in [5.41, 5.74) is 2.58. The Morgan fingerprint density at radius 2 is 1.89 bits per heavy atom. The van der Waals surface area contributed by atoms with E-state index in [-0.39, 0.29) is 47.9 Å². The number of sulfonamides is 1. The predicted molar refractivity (Wildman–Crippen MR) is 136 cm³/mol. The third-order valence-electron chi connectivity index (χ3n) is 6.70. The summed E-state index contributed by atoms with van der Waals surface area (Å²) in [7, 11) is -3.73. The summed E-state index contributed by atoms with van der Waals surface area (Å²) in [5, 5.41) is 6.27. The zero-order valence-electron chi connectivity index (χ0n) is 21.0. The molecular weight excluding hydrogens is 497 g/mol. The lowest BCUT2D eigenvalue weighted by molar-refractivity contribution is 0.0325. The number of rotatable bonds is 5. The van der Waals surface area contributed by atoms with Gasteiger partial charge in [0.1, 0.15) is 16.2 Å². The quantitative estimate of drug-likeness (QED) is 0.413. The summed E-state index contributed by atoms with van der Waals surface area (Å²) >= 11 is 0. The molecule has 0 spiro atoms. The van der Waals surface area contributed by atoms with Crippen molar-refractivity contribution in [1.82, 2.24) is 24.4 Å². The van der Waals surface area contributed by atoms with E-state index in [4.69, 9.17) is 9.40 Å². The molecule has 1 amide bonds. The number of nitrogens with zero attached hydrogens (tertiary/aromatic N) is 4. The molecule has 194 valence electrons. The van der Waals surface area contributed by atoms with Gasteiger partial charge < -0.3 is 9.32 Å². The van der Waals surface area contributed by atoms with Gasteiger partial charge >= 0.3 is 0 Å². The first-order valence-corrected chi connectivity index (χ1v) is 13.4. The first kappa shape index (κ1) is 25.1. The van der Waals surface area contributed by atoms with Crippen LogP contribution >= 0.6 is 0 Å². The van der Waals surface area contributed by atoms with E-state index in [1.54, 1.807) is 23.1 Å². The van der Waals surface area contributed by atoms with E-state index >= 15 is 0 Å². The molecule has 0 unspecified atom stereocenters. The van der Waals surface area contributed by atoms with Gasteiger partial charge in [-0.1, -0.05) is 13.8 Å². The number of hydrogen-bond donors (Lipinski definition) is 1.